The summed E-state index contributed by atoms with van der Waals surface area (Å²) in [5.41, 5.74) is 0. The van der Waals surface area contributed by atoms with Gasteiger partial charge in [-0.05, 0) is 38.2 Å². The first kappa shape index (κ1) is 16.1. The van der Waals surface area contributed by atoms with Crippen LogP contribution in [0.4, 0.5) is 0 Å². The molecule has 9 heteroatoms. The van der Waals surface area contributed by atoms with E-state index in [1.54, 1.807) is 7.05 Å². The molecule has 4 N–H and O–H groups in total. The lowest BCUT2D eigenvalue weighted by Gasteiger charge is -2.07. The Hall–Kier alpha value is -1.00. The molecule has 0 saturated heterocycles. The molecule has 0 aliphatic carbocycles. The minimum Gasteiger partial charge on any atom is -0.320 e. The van der Waals surface area contributed by atoms with Crippen LogP contribution in [0.1, 0.15) is 6.42 Å². The van der Waals surface area contributed by atoms with Crippen LogP contribution in [0.25, 0.3) is 0 Å². The van der Waals surface area contributed by atoms with Crippen LogP contribution in [0.3, 0.4) is 0 Å². The van der Waals surface area contributed by atoms with E-state index >= 15 is 0 Å². The summed E-state index contributed by atoms with van der Waals surface area (Å²) in [5.74, 6) is 0. The van der Waals surface area contributed by atoms with Crippen molar-refractivity contribution < 1.29 is 16.8 Å². The number of nitrogens with two attached hydrogens (primary N) is 1. The van der Waals surface area contributed by atoms with Crippen molar-refractivity contribution in [3.05, 3.63) is 24.3 Å². The molecule has 0 radical (unpaired) electrons. The molecule has 0 unspecified atom stereocenters. The number of hydrogen-bond donors (Lipinski definition) is 3. The van der Waals surface area contributed by atoms with Crippen molar-refractivity contribution in [3.8, 4) is 0 Å². The third-order valence-electron chi connectivity index (χ3n) is 2.34. The summed E-state index contributed by atoms with van der Waals surface area (Å²) in [6.07, 6.45) is 0.630. The number of nitrogens with one attached hydrogen (secondary N) is 2. The largest absolute Gasteiger partial charge is 0.320 e. The molecule has 7 nitrogen and oxygen atoms in total. The quantitative estimate of drug-likeness (QED) is 0.571. The van der Waals surface area contributed by atoms with Crippen molar-refractivity contribution in [3.63, 3.8) is 0 Å². The maximum atomic E-state index is 11.9. The van der Waals surface area contributed by atoms with Gasteiger partial charge in [0, 0.05) is 6.54 Å². The highest BCUT2D eigenvalue weighted by Gasteiger charge is 2.16. The maximum Gasteiger partial charge on any atom is 0.240 e. The average molecular weight is 307 g/mol. The van der Waals surface area contributed by atoms with Gasteiger partial charge in [0.1, 0.15) is 0 Å². The second-order valence-electron chi connectivity index (χ2n) is 3.87. The second kappa shape index (κ2) is 6.44. The fraction of sp³-hybridized carbons (Fsp3) is 0.400. The molecule has 0 aromatic heterocycles. The number of primary sulfonamides is 1. The Kier molecular flexibility index (Phi) is 5.44. The molecule has 0 bridgehead atoms. The van der Waals surface area contributed by atoms with Gasteiger partial charge in [-0.15, -0.1) is 0 Å². The third kappa shape index (κ3) is 4.88. The molecule has 0 spiro atoms. The molecule has 1 rings (SSSR count). The highest BCUT2D eigenvalue weighted by atomic mass is 32.2. The number of rotatable bonds is 7. The summed E-state index contributed by atoms with van der Waals surface area (Å²) in [6.45, 7) is 0.947. The van der Waals surface area contributed by atoms with Gasteiger partial charge in [0.25, 0.3) is 0 Å². The van der Waals surface area contributed by atoms with Crippen LogP contribution in [0.5, 0.6) is 0 Å². The molecule has 0 atom stereocenters. The number of hydrogen-bond acceptors (Lipinski definition) is 5. The topological polar surface area (TPSA) is 118 Å². The average Bonchev–Trinajstić information content (AvgIpc) is 2.34. The molecule has 1 aromatic rings. The van der Waals surface area contributed by atoms with Crippen LogP contribution in [-0.2, 0) is 20.0 Å². The highest BCUT2D eigenvalue weighted by Crippen LogP contribution is 2.14. The summed E-state index contributed by atoms with van der Waals surface area (Å²) in [6, 6.07) is 4.93. The zero-order chi connectivity index (χ0) is 14.5. The smallest absolute Gasteiger partial charge is 0.240 e. The minimum atomic E-state index is -3.92. The third-order valence-corrected chi connectivity index (χ3v) is 4.71. The zero-order valence-electron chi connectivity index (χ0n) is 10.5. The molecule has 0 aliphatic heterocycles. The molecule has 0 fully saturated rings. The van der Waals surface area contributed by atoms with E-state index in [1.165, 1.54) is 18.2 Å². The summed E-state index contributed by atoms with van der Waals surface area (Å²) < 4.78 is 48.5. The van der Waals surface area contributed by atoms with Gasteiger partial charge >= 0.3 is 0 Å². The Morgan fingerprint density at radius 3 is 2.32 bits per heavy atom. The first-order valence-corrected chi connectivity index (χ1v) is 8.57. The van der Waals surface area contributed by atoms with Crippen molar-refractivity contribution in [1.82, 2.24) is 10.0 Å². The normalized spacial score (nSPS) is 12.5. The van der Waals surface area contributed by atoms with Gasteiger partial charge in [-0.2, -0.15) is 0 Å². The lowest BCUT2D eigenvalue weighted by molar-refractivity contribution is 0.577. The summed E-state index contributed by atoms with van der Waals surface area (Å²) in [7, 11) is -5.87. The lowest BCUT2D eigenvalue weighted by Crippen LogP contribution is -2.27. The predicted molar refractivity (Wildman–Crippen MR) is 71.5 cm³/mol. The fourth-order valence-corrected chi connectivity index (χ4v) is 3.13. The Morgan fingerprint density at radius 1 is 1.11 bits per heavy atom. The Morgan fingerprint density at radius 2 is 1.74 bits per heavy atom. The van der Waals surface area contributed by atoms with Crippen molar-refractivity contribution in [2.75, 3.05) is 20.1 Å². The summed E-state index contributed by atoms with van der Waals surface area (Å²) >= 11 is 0. The van der Waals surface area contributed by atoms with Gasteiger partial charge < -0.3 is 5.32 Å². The number of benzene rings is 1. The van der Waals surface area contributed by atoms with Gasteiger partial charge in [0.05, 0.1) is 9.79 Å². The molecular weight excluding hydrogens is 290 g/mol. The number of sulfonamides is 2. The van der Waals surface area contributed by atoms with Crippen molar-refractivity contribution in [1.29, 1.82) is 0 Å². The maximum absolute atomic E-state index is 11.9. The van der Waals surface area contributed by atoms with Gasteiger partial charge in [-0.1, -0.05) is 6.07 Å². The van der Waals surface area contributed by atoms with E-state index in [0.29, 0.717) is 13.0 Å². The minimum absolute atomic E-state index is 0.122. The molecule has 0 aliphatic rings. The van der Waals surface area contributed by atoms with Gasteiger partial charge in [-0.25, -0.2) is 26.7 Å². The monoisotopic (exact) mass is 307 g/mol. The van der Waals surface area contributed by atoms with E-state index in [1.807, 2.05) is 0 Å². The molecule has 1 aromatic carbocycles. The SMILES string of the molecule is CNCCCNS(=O)(=O)c1cccc(S(N)(=O)=O)c1. The first-order chi connectivity index (χ1) is 8.77. The molecular formula is C10H17N3O4S2. The Labute approximate surface area is 113 Å². The van der Waals surface area contributed by atoms with E-state index in [-0.39, 0.29) is 16.3 Å². The van der Waals surface area contributed by atoms with Crippen LogP contribution < -0.4 is 15.2 Å². The lowest BCUT2D eigenvalue weighted by atomic mass is 10.4. The van der Waals surface area contributed by atoms with E-state index in [4.69, 9.17) is 5.14 Å². The Balaban J connectivity index is 2.90. The standard InChI is InChI=1S/C10H17N3O4S2/c1-12-6-3-7-13-19(16,17)10-5-2-4-9(8-10)18(11,14)15/h2,4-5,8,12-13H,3,6-7H2,1H3,(H2,11,14,15). The van der Waals surface area contributed by atoms with E-state index < -0.39 is 20.0 Å². The molecule has 19 heavy (non-hydrogen) atoms. The van der Waals surface area contributed by atoms with Crippen molar-refractivity contribution in [2.45, 2.75) is 16.2 Å². The Bertz CT molecular complexity index is 626. The van der Waals surface area contributed by atoms with Crippen LogP contribution in [0.2, 0.25) is 0 Å². The molecule has 108 valence electrons. The van der Waals surface area contributed by atoms with E-state index in [2.05, 4.69) is 10.0 Å². The van der Waals surface area contributed by atoms with E-state index in [9.17, 15) is 16.8 Å². The predicted octanol–water partition coefficient (Wildman–Crippen LogP) is -0.778. The molecule has 0 saturated carbocycles. The van der Waals surface area contributed by atoms with Crippen LogP contribution >= 0.6 is 0 Å². The van der Waals surface area contributed by atoms with Crippen molar-refractivity contribution in [2.24, 2.45) is 5.14 Å². The zero-order valence-corrected chi connectivity index (χ0v) is 12.1. The molecule has 0 amide bonds. The van der Waals surface area contributed by atoms with Gasteiger partial charge in [0.2, 0.25) is 20.0 Å². The van der Waals surface area contributed by atoms with E-state index in [0.717, 1.165) is 6.07 Å². The van der Waals surface area contributed by atoms with Crippen LogP contribution in [0, 0.1) is 0 Å². The second-order valence-corrected chi connectivity index (χ2v) is 7.20. The first-order valence-electron chi connectivity index (χ1n) is 5.54. The van der Waals surface area contributed by atoms with Gasteiger partial charge in [0.15, 0.2) is 0 Å². The van der Waals surface area contributed by atoms with Gasteiger partial charge in [-0.3, -0.25) is 0 Å². The summed E-state index contributed by atoms with van der Waals surface area (Å²) in [5, 5.41) is 7.85. The summed E-state index contributed by atoms with van der Waals surface area (Å²) in [4.78, 5) is -0.353. The van der Waals surface area contributed by atoms with Crippen LogP contribution in [-0.4, -0.2) is 37.0 Å². The van der Waals surface area contributed by atoms with Crippen LogP contribution in [0.15, 0.2) is 34.1 Å². The van der Waals surface area contributed by atoms with Crippen molar-refractivity contribution >= 4 is 20.0 Å². The molecule has 0 heterocycles. The fourth-order valence-electron chi connectivity index (χ4n) is 1.37. The highest BCUT2D eigenvalue weighted by molar-refractivity contribution is 7.90.